The van der Waals surface area contributed by atoms with Crippen molar-refractivity contribution in [3.05, 3.63) is 29.8 Å². The summed E-state index contributed by atoms with van der Waals surface area (Å²) in [6, 6.07) is 8.08. The molecule has 0 spiro atoms. The van der Waals surface area contributed by atoms with Gasteiger partial charge < -0.3 is 9.31 Å². The molecule has 1 aromatic carbocycles. The molecule has 1 aliphatic carbocycles. The quantitative estimate of drug-likeness (QED) is 0.756. The van der Waals surface area contributed by atoms with Crippen LogP contribution in [0, 0.1) is 5.92 Å². The van der Waals surface area contributed by atoms with E-state index in [1.807, 2.05) is 45.9 Å². The highest BCUT2D eigenvalue weighted by Crippen LogP contribution is 2.45. The standard InChI is InChI=1S/C19H27BF2O2/c1-17(2)18(3,4)24-20(23-17)16-8-6-7-13(12-16)14-9-10-15(11-14)19(5,21)22/h6-8,12,14-15H,9-11H2,1-5H3. The Labute approximate surface area is 144 Å². The van der Waals surface area contributed by atoms with Crippen molar-refractivity contribution in [2.24, 2.45) is 5.92 Å². The fraction of sp³-hybridized carbons (Fsp3) is 0.684. The van der Waals surface area contributed by atoms with Gasteiger partial charge in [0, 0.05) is 5.92 Å². The highest BCUT2D eigenvalue weighted by atomic mass is 19.3. The molecule has 1 aromatic rings. The average Bonchev–Trinajstić information content (AvgIpc) is 3.02. The molecule has 1 aliphatic heterocycles. The van der Waals surface area contributed by atoms with Crippen molar-refractivity contribution in [1.29, 1.82) is 0 Å². The predicted octanol–water partition coefficient (Wildman–Crippen LogP) is 4.52. The highest BCUT2D eigenvalue weighted by molar-refractivity contribution is 6.62. The molecular weight excluding hydrogens is 309 g/mol. The summed E-state index contributed by atoms with van der Waals surface area (Å²) in [4.78, 5) is 0. The third kappa shape index (κ3) is 3.25. The van der Waals surface area contributed by atoms with E-state index in [-0.39, 0.29) is 17.1 Å². The lowest BCUT2D eigenvalue weighted by atomic mass is 9.77. The summed E-state index contributed by atoms with van der Waals surface area (Å²) in [7, 11) is -0.403. The number of halogens is 2. The molecule has 1 saturated heterocycles. The van der Waals surface area contributed by atoms with Crippen molar-refractivity contribution in [1.82, 2.24) is 0 Å². The lowest BCUT2D eigenvalue weighted by molar-refractivity contribution is -0.0372. The van der Waals surface area contributed by atoms with Crippen molar-refractivity contribution in [2.45, 2.75) is 76.9 Å². The second kappa shape index (κ2) is 5.81. The molecule has 2 unspecified atom stereocenters. The van der Waals surface area contributed by atoms with Crippen molar-refractivity contribution >= 4 is 12.6 Å². The van der Waals surface area contributed by atoms with Crippen LogP contribution in [-0.2, 0) is 9.31 Å². The smallest absolute Gasteiger partial charge is 0.399 e. The lowest BCUT2D eigenvalue weighted by Crippen LogP contribution is -2.41. The van der Waals surface area contributed by atoms with E-state index >= 15 is 0 Å². The van der Waals surface area contributed by atoms with Crippen LogP contribution < -0.4 is 5.46 Å². The predicted molar refractivity (Wildman–Crippen MR) is 92.9 cm³/mol. The van der Waals surface area contributed by atoms with Crippen LogP contribution in [0.25, 0.3) is 0 Å². The van der Waals surface area contributed by atoms with Crippen LogP contribution in [0.15, 0.2) is 24.3 Å². The minimum atomic E-state index is -2.59. The van der Waals surface area contributed by atoms with Crippen molar-refractivity contribution in [2.75, 3.05) is 0 Å². The van der Waals surface area contributed by atoms with E-state index in [0.717, 1.165) is 24.4 Å². The number of hydrogen-bond donors (Lipinski definition) is 0. The minimum Gasteiger partial charge on any atom is -0.399 e. The molecule has 2 nitrogen and oxygen atoms in total. The molecule has 0 N–H and O–H groups in total. The first-order valence-corrected chi connectivity index (χ1v) is 8.83. The third-order valence-electron chi connectivity index (χ3n) is 6.06. The van der Waals surface area contributed by atoms with Gasteiger partial charge in [0.05, 0.1) is 11.2 Å². The molecule has 24 heavy (non-hydrogen) atoms. The Kier molecular flexibility index (Phi) is 4.32. The van der Waals surface area contributed by atoms with Crippen LogP contribution in [0.1, 0.15) is 65.4 Å². The summed E-state index contributed by atoms with van der Waals surface area (Å²) >= 11 is 0. The van der Waals surface area contributed by atoms with E-state index in [0.29, 0.717) is 12.8 Å². The maximum absolute atomic E-state index is 13.6. The average molecular weight is 336 g/mol. The minimum absolute atomic E-state index is 0.197. The van der Waals surface area contributed by atoms with Gasteiger partial charge in [0.2, 0.25) is 5.92 Å². The Morgan fingerprint density at radius 3 is 2.25 bits per heavy atom. The van der Waals surface area contributed by atoms with E-state index in [4.69, 9.17) is 9.31 Å². The van der Waals surface area contributed by atoms with Gasteiger partial charge in [-0.1, -0.05) is 24.3 Å². The van der Waals surface area contributed by atoms with Crippen LogP contribution >= 0.6 is 0 Å². The molecule has 132 valence electrons. The normalized spacial score (nSPS) is 29.2. The van der Waals surface area contributed by atoms with E-state index in [1.165, 1.54) is 0 Å². The summed E-state index contributed by atoms with van der Waals surface area (Å²) < 4.78 is 39.3. The molecule has 0 radical (unpaired) electrons. The van der Waals surface area contributed by atoms with Gasteiger partial charge in [0.15, 0.2) is 0 Å². The summed E-state index contributed by atoms with van der Waals surface area (Å²) in [5.41, 5.74) is 1.33. The van der Waals surface area contributed by atoms with Gasteiger partial charge in [-0.2, -0.15) is 0 Å². The molecular formula is C19H27BF2O2. The summed E-state index contributed by atoms with van der Waals surface area (Å²) in [5.74, 6) is -2.90. The Balaban J connectivity index is 1.77. The summed E-state index contributed by atoms with van der Waals surface area (Å²) in [5, 5.41) is 0. The number of alkyl halides is 2. The maximum Gasteiger partial charge on any atom is 0.494 e. The zero-order valence-electron chi connectivity index (χ0n) is 15.2. The number of rotatable bonds is 3. The Morgan fingerprint density at radius 1 is 1.08 bits per heavy atom. The zero-order chi connectivity index (χ0) is 17.8. The van der Waals surface area contributed by atoms with Gasteiger partial charge in [-0.05, 0) is 70.8 Å². The second-order valence-corrected chi connectivity index (χ2v) is 8.42. The van der Waals surface area contributed by atoms with Gasteiger partial charge in [-0.3, -0.25) is 0 Å². The molecule has 3 rings (SSSR count). The SMILES string of the molecule is CC(F)(F)C1CCC(c2cccc(B3OC(C)(C)C(C)(C)O3)c2)C1. The molecule has 5 heteroatoms. The molecule has 0 aromatic heterocycles. The van der Waals surface area contributed by atoms with Crippen LogP contribution in [0.2, 0.25) is 0 Å². The van der Waals surface area contributed by atoms with Crippen LogP contribution in [0.5, 0.6) is 0 Å². The van der Waals surface area contributed by atoms with E-state index in [9.17, 15) is 8.78 Å². The first-order valence-electron chi connectivity index (χ1n) is 8.83. The monoisotopic (exact) mass is 336 g/mol. The first kappa shape index (κ1) is 17.9. The van der Waals surface area contributed by atoms with E-state index in [1.54, 1.807) is 0 Å². The van der Waals surface area contributed by atoms with Crippen LogP contribution in [0.4, 0.5) is 8.78 Å². The van der Waals surface area contributed by atoms with E-state index in [2.05, 4.69) is 6.07 Å². The van der Waals surface area contributed by atoms with Gasteiger partial charge in [-0.25, -0.2) is 8.78 Å². The molecule has 0 amide bonds. The number of hydrogen-bond acceptors (Lipinski definition) is 2. The Bertz CT molecular complexity index is 594. The molecule has 2 aliphatic rings. The van der Waals surface area contributed by atoms with Gasteiger partial charge in [0.1, 0.15) is 0 Å². The zero-order valence-corrected chi connectivity index (χ0v) is 15.2. The second-order valence-electron chi connectivity index (χ2n) is 8.42. The Hall–Kier alpha value is -0.935. The molecule has 2 fully saturated rings. The maximum atomic E-state index is 13.6. The molecule has 1 heterocycles. The summed E-state index contributed by atoms with van der Waals surface area (Å²) in [6.07, 6.45) is 1.96. The largest absolute Gasteiger partial charge is 0.494 e. The van der Waals surface area contributed by atoms with Gasteiger partial charge in [0.25, 0.3) is 0 Å². The Morgan fingerprint density at radius 2 is 1.71 bits per heavy atom. The van der Waals surface area contributed by atoms with Crippen LogP contribution in [0.3, 0.4) is 0 Å². The fourth-order valence-electron chi connectivity index (χ4n) is 3.68. The number of benzene rings is 1. The van der Waals surface area contributed by atoms with Crippen molar-refractivity contribution in [3.8, 4) is 0 Å². The van der Waals surface area contributed by atoms with Gasteiger partial charge in [-0.15, -0.1) is 0 Å². The molecule has 2 atom stereocenters. The van der Waals surface area contributed by atoms with Crippen LogP contribution in [-0.4, -0.2) is 24.2 Å². The lowest BCUT2D eigenvalue weighted by Gasteiger charge is -2.32. The van der Waals surface area contributed by atoms with E-state index < -0.39 is 19.0 Å². The highest BCUT2D eigenvalue weighted by Gasteiger charge is 2.51. The third-order valence-corrected chi connectivity index (χ3v) is 6.06. The van der Waals surface area contributed by atoms with Crippen molar-refractivity contribution < 1.29 is 18.1 Å². The molecule has 1 saturated carbocycles. The fourth-order valence-corrected chi connectivity index (χ4v) is 3.68. The summed E-state index contributed by atoms with van der Waals surface area (Å²) in [6.45, 7) is 9.16. The molecule has 0 bridgehead atoms. The first-order chi connectivity index (χ1) is 11.0. The van der Waals surface area contributed by atoms with Crippen molar-refractivity contribution in [3.63, 3.8) is 0 Å². The topological polar surface area (TPSA) is 18.5 Å². The van der Waals surface area contributed by atoms with Gasteiger partial charge >= 0.3 is 7.12 Å².